The minimum Gasteiger partial charge on any atom is -0.252 e. The number of hydrazone groups is 1. The molecule has 0 bridgehead atoms. The predicted molar refractivity (Wildman–Crippen MR) is 113 cm³/mol. The summed E-state index contributed by atoms with van der Waals surface area (Å²) in [5, 5.41) is 7.24. The average Bonchev–Trinajstić information content (AvgIpc) is 3.03. The Hall–Kier alpha value is -1.50. The first-order valence-corrected chi connectivity index (χ1v) is 8.88. The monoisotopic (exact) mass is 465 g/mol. The smallest absolute Gasteiger partial charge is 0.203 e. The molecule has 124 valence electrons. The van der Waals surface area contributed by atoms with Gasteiger partial charge in [-0.25, -0.2) is 4.98 Å². The van der Waals surface area contributed by atoms with Crippen LogP contribution in [0.2, 0.25) is 0 Å². The number of halogens is 2. The fourth-order valence-corrected chi connectivity index (χ4v) is 3.00. The molecule has 0 aliphatic heterocycles. The van der Waals surface area contributed by atoms with Crippen LogP contribution in [0.5, 0.6) is 0 Å². The minimum absolute atomic E-state index is 0. The van der Waals surface area contributed by atoms with Crippen molar-refractivity contribution in [1.82, 2.24) is 4.98 Å². The number of hydrogen-bond acceptors (Lipinski definition) is 4. The quantitative estimate of drug-likeness (QED) is 0.362. The first kappa shape index (κ1) is 18.8. The molecule has 0 aliphatic carbocycles. The number of thiazole rings is 1. The van der Waals surface area contributed by atoms with Crippen molar-refractivity contribution in [3.63, 3.8) is 0 Å². The summed E-state index contributed by atoms with van der Waals surface area (Å²) < 4.78 is 1.06. The van der Waals surface area contributed by atoms with Crippen molar-refractivity contribution in [2.75, 3.05) is 5.43 Å². The van der Waals surface area contributed by atoms with E-state index in [2.05, 4.69) is 62.6 Å². The van der Waals surface area contributed by atoms with Gasteiger partial charge in [-0.1, -0.05) is 57.9 Å². The van der Waals surface area contributed by atoms with Crippen molar-refractivity contribution < 1.29 is 0 Å². The van der Waals surface area contributed by atoms with E-state index in [1.807, 2.05) is 36.6 Å². The van der Waals surface area contributed by atoms with Gasteiger partial charge < -0.3 is 0 Å². The normalized spacial score (nSPS) is 11.0. The van der Waals surface area contributed by atoms with Crippen molar-refractivity contribution in [1.29, 1.82) is 0 Å². The zero-order valence-electron chi connectivity index (χ0n) is 13.3. The Bertz CT molecular complexity index is 824. The Balaban J connectivity index is 0.00000208. The Labute approximate surface area is 164 Å². The van der Waals surface area contributed by atoms with E-state index in [1.54, 1.807) is 11.3 Å². The predicted octanol–water partition coefficient (Wildman–Crippen LogP) is 6.30. The van der Waals surface area contributed by atoms with Crippen LogP contribution in [-0.4, -0.2) is 10.7 Å². The van der Waals surface area contributed by atoms with Crippen LogP contribution in [-0.2, 0) is 0 Å². The third-order valence-electron chi connectivity index (χ3n) is 3.43. The number of benzene rings is 2. The molecule has 1 N–H and O–H groups in total. The van der Waals surface area contributed by atoms with Crippen molar-refractivity contribution in [2.24, 2.45) is 5.10 Å². The van der Waals surface area contributed by atoms with Crippen LogP contribution >= 0.6 is 44.2 Å². The van der Waals surface area contributed by atoms with Crippen LogP contribution in [0.1, 0.15) is 18.1 Å². The zero-order valence-corrected chi connectivity index (χ0v) is 17.4. The molecular weight excluding hydrogens is 450 g/mol. The topological polar surface area (TPSA) is 37.3 Å². The molecule has 0 aliphatic rings. The van der Waals surface area contributed by atoms with E-state index in [1.165, 1.54) is 5.56 Å². The molecule has 6 heteroatoms. The van der Waals surface area contributed by atoms with Crippen LogP contribution in [0.15, 0.2) is 63.5 Å². The molecule has 0 saturated carbocycles. The molecule has 0 atom stereocenters. The fraction of sp³-hybridized carbons (Fsp3) is 0.111. The molecule has 0 spiro atoms. The van der Waals surface area contributed by atoms with Crippen LogP contribution in [0.4, 0.5) is 5.13 Å². The lowest BCUT2D eigenvalue weighted by molar-refractivity contribution is 1.27. The summed E-state index contributed by atoms with van der Waals surface area (Å²) in [5.41, 5.74) is 8.38. The van der Waals surface area contributed by atoms with Gasteiger partial charge in [0, 0.05) is 15.4 Å². The van der Waals surface area contributed by atoms with E-state index >= 15 is 0 Å². The lowest BCUT2D eigenvalue weighted by atomic mass is 10.1. The lowest BCUT2D eigenvalue weighted by Crippen LogP contribution is -1.99. The van der Waals surface area contributed by atoms with E-state index in [4.69, 9.17) is 0 Å². The highest BCUT2D eigenvalue weighted by atomic mass is 79.9. The first-order valence-electron chi connectivity index (χ1n) is 7.20. The second-order valence-corrected chi connectivity index (χ2v) is 6.99. The summed E-state index contributed by atoms with van der Waals surface area (Å²) in [7, 11) is 0. The van der Waals surface area contributed by atoms with E-state index in [-0.39, 0.29) is 17.0 Å². The number of aryl methyl sites for hydroxylation is 1. The summed E-state index contributed by atoms with van der Waals surface area (Å²) in [5.74, 6) is 0. The van der Waals surface area contributed by atoms with Gasteiger partial charge >= 0.3 is 0 Å². The standard InChI is InChI=1S/C18H16BrN3S.BrH/c1-12-3-5-14(6-4-12)13(2)21-22-18-20-17(11-23-18)15-7-9-16(19)10-8-15;/h3-11H,1-2H3,(H,20,22);1H/b21-13+;. The maximum absolute atomic E-state index is 4.57. The van der Waals surface area contributed by atoms with E-state index in [0.717, 1.165) is 32.1 Å². The molecule has 0 unspecified atom stereocenters. The van der Waals surface area contributed by atoms with Gasteiger partial charge in [-0.2, -0.15) is 5.10 Å². The van der Waals surface area contributed by atoms with Crippen molar-refractivity contribution in [3.8, 4) is 11.3 Å². The summed E-state index contributed by atoms with van der Waals surface area (Å²) in [4.78, 5) is 4.57. The van der Waals surface area contributed by atoms with Gasteiger partial charge in [0.1, 0.15) is 0 Å². The van der Waals surface area contributed by atoms with Crippen molar-refractivity contribution in [3.05, 3.63) is 69.5 Å². The van der Waals surface area contributed by atoms with E-state index in [0.29, 0.717) is 0 Å². The largest absolute Gasteiger partial charge is 0.252 e. The van der Waals surface area contributed by atoms with Gasteiger partial charge in [-0.05, 0) is 31.5 Å². The third kappa shape index (κ3) is 4.75. The maximum atomic E-state index is 4.57. The lowest BCUT2D eigenvalue weighted by Gasteiger charge is -2.02. The minimum atomic E-state index is 0. The molecule has 0 fully saturated rings. The van der Waals surface area contributed by atoms with Gasteiger partial charge in [-0.15, -0.1) is 28.3 Å². The SMILES string of the molecule is Br.C/C(=N\Nc1nc(-c2ccc(Br)cc2)cs1)c1ccc(C)cc1. The van der Waals surface area contributed by atoms with Crippen LogP contribution in [0.25, 0.3) is 11.3 Å². The second kappa shape index (κ2) is 8.55. The number of aromatic nitrogens is 1. The maximum Gasteiger partial charge on any atom is 0.203 e. The molecule has 3 aromatic rings. The Kier molecular flexibility index (Phi) is 6.71. The van der Waals surface area contributed by atoms with Crippen molar-refractivity contribution >= 4 is 55.1 Å². The van der Waals surface area contributed by atoms with Crippen molar-refractivity contribution in [2.45, 2.75) is 13.8 Å². The van der Waals surface area contributed by atoms with Gasteiger partial charge in [0.15, 0.2) is 0 Å². The number of anilines is 1. The van der Waals surface area contributed by atoms with Gasteiger partial charge in [0.2, 0.25) is 5.13 Å². The highest BCUT2D eigenvalue weighted by Crippen LogP contribution is 2.26. The third-order valence-corrected chi connectivity index (χ3v) is 4.71. The summed E-state index contributed by atoms with van der Waals surface area (Å²) in [6, 6.07) is 16.4. The number of hydrogen-bond donors (Lipinski definition) is 1. The zero-order chi connectivity index (χ0) is 16.2. The average molecular weight is 467 g/mol. The van der Waals surface area contributed by atoms with Crippen LogP contribution < -0.4 is 5.43 Å². The molecule has 1 heterocycles. The van der Waals surface area contributed by atoms with Gasteiger partial charge in [-0.3, -0.25) is 5.43 Å². The molecule has 0 amide bonds. The molecule has 24 heavy (non-hydrogen) atoms. The highest BCUT2D eigenvalue weighted by Gasteiger charge is 2.04. The molecule has 0 saturated heterocycles. The molecule has 3 rings (SSSR count). The van der Waals surface area contributed by atoms with E-state index < -0.39 is 0 Å². The molecule has 0 radical (unpaired) electrons. The molecule has 2 aromatic carbocycles. The van der Waals surface area contributed by atoms with Crippen LogP contribution in [0.3, 0.4) is 0 Å². The van der Waals surface area contributed by atoms with Crippen LogP contribution in [0, 0.1) is 6.92 Å². The Morgan fingerprint density at radius 2 is 1.75 bits per heavy atom. The molecular formula is C18H17Br2N3S. The first-order chi connectivity index (χ1) is 11.1. The number of nitrogens with one attached hydrogen (secondary N) is 1. The molecule has 1 aromatic heterocycles. The highest BCUT2D eigenvalue weighted by molar-refractivity contribution is 9.10. The Morgan fingerprint density at radius 3 is 2.42 bits per heavy atom. The van der Waals surface area contributed by atoms with E-state index in [9.17, 15) is 0 Å². The Morgan fingerprint density at radius 1 is 1.08 bits per heavy atom. The van der Waals surface area contributed by atoms with Gasteiger partial charge in [0.05, 0.1) is 11.4 Å². The molecule has 3 nitrogen and oxygen atoms in total. The summed E-state index contributed by atoms with van der Waals surface area (Å²) >= 11 is 4.99. The second-order valence-electron chi connectivity index (χ2n) is 5.22. The fourth-order valence-electron chi connectivity index (χ4n) is 2.07. The summed E-state index contributed by atoms with van der Waals surface area (Å²) in [6.45, 7) is 4.06. The van der Waals surface area contributed by atoms with Gasteiger partial charge in [0.25, 0.3) is 0 Å². The summed E-state index contributed by atoms with van der Waals surface area (Å²) in [6.07, 6.45) is 0. The number of nitrogens with zero attached hydrogens (tertiary/aromatic N) is 2. The number of rotatable bonds is 4.